The first-order valence-corrected chi connectivity index (χ1v) is 4.81. The molecule has 74 valence electrons. The highest BCUT2D eigenvalue weighted by atomic mass is 13.9. The number of allylic oxidation sites excluding steroid dienone is 1. The standard InChI is InChI=1S/C8H10.C3H6.C2H6/c1-7-3-5-8(2)6-4-7;1-3-2;1-2/h3-6H,1-2H3;3H,1H2,2H3;1-2H3. The van der Waals surface area contributed by atoms with Crippen molar-refractivity contribution in [2.75, 3.05) is 0 Å². The summed E-state index contributed by atoms with van der Waals surface area (Å²) >= 11 is 0. The Morgan fingerprint density at radius 3 is 1.23 bits per heavy atom. The lowest BCUT2D eigenvalue weighted by atomic mass is 10.2. The van der Waals surface area contributed by atoms with Crippen LogP contribution in [0.1, 0.15) is 31.9 Å². The van der Waals surface area contributed by atoms with Gasteiger partial charge in [-0.1, -0.05) is 55.3 Å². The molecule has 0 nitrogen and oxygen atoms in total. The van der Waals surface area contributed by atoms with Crippen LogP contribution in [-0.4, -0.2) is 0 Å². The van der Waals surface area contributed by atoms with Gasteiger partial charge >= 0.3 is 0 Å². The molecule has 0 spiro atoms. The summed E-state index contributed by atoms with van der Waals surface area (Å²) in [5.41, 5.74) is 2.66. The van der Waals surface area contributed by atoms with Crippen molar-refractivity contribution >= 4 is 0 Å². The molecule has 0 atom stereocenters. The molecule has 0 unspecified atom stereocenters. The van der Waals surface area contributed by atoms with Gasteiger partial charge in [0.1, 0.15) is 0 Å². The van der Waals surface area contributed by atoms with Crippen LogP contribution >= 0.6 is 0 Å². The second-order valence-electron chi connectivity index (χ2n) is 2.56. The molecule has 0 aromatic heterocycles. The molecule has 0 aliphatic rings. The molecule has 0 aliphatic heterocycles. The van der Waals surface area contributed by atoms with Gasteiger partial charge in [0.2, 0.25) is 0 Å². The Bertz CT molecular complexity index is 173. The third-order valence-electron chi connectivity index (χ3n) is 1.22. The lowest BCUT2D eigenvalue weighted by Crippen LogP contribution is -1.70. The van der Waals surface area contributed by atoms with Gasteiger partial charge in [0, 0.05) is 0 Å². The molecule has 0 saturated heterocycles. The van der Waals surface area contributed by atoms with Crippen molar-refractivity contribution in [3.05, 3.63) is 48.0 Å². The van der Waals surface area contributed by atoms with Gasteiger partial charge in [-0.2, -0.15) is 0 Å². The smallest absolute Gasteiger partial charge is 0.0398 e. The molecule has 13 heavy (non-hydrogen) atoms. The highest BCUT2D eigenvalue weighted by Crippen LogP contribution is 1.99. The number of benzene rings is 1. The van der Waals surface area contributed by atoms with Gasteiger partial charge in [-0.05, 0) is 20.8 Å². The van der Waals surface area contributed by atoms with Crippen LogP contribution in [0.25, 0.3) is 0 Å². The maximum Gasteiger partial charge on any atom is -0.0398 e. The van der Waals surface area contributed by atoms with Crippen LogP contribution in [0.3, 0.4) is 0 Å². The van der Waals surface area contributed by atoms with Crippen molar-refractivity contribution in [2.45, 2.75) is 34.6 Å². The van der Waals surface area contributed by atoms with Gasteiger partial charge in [-0.25, -0.2) is 0 Å². The SMILES string of the molecule is C=CC.CC.Cc1ccc(C)cc1. The van der Waals surface area contributed by atoms with Crippen molar-refractivity contribution in [2.24, 2.45) is 0 Å². The largest absolute Gasteiger partial charge is 0.103 e. The van der Waals surface area contributed by atoms with E-state index >= 15 is 0 Å². The molecular formula is C13H22. The molecule has 0 heteroatoms. The molecule has 1 rings (SSSR count). The third kappa shape index (κ3) is 11.0. The van der Waals surface area contributed by atoms with E-state index in [1.54, 1.807) is 6.08 Å². The number of rotatable bonds is 0. The zero-order valence-corrected chi connectivity index (χ0v) is 9.59. The van der Waals surface area contributed by atoms with Gasteiger partial charge in [0.25, 0.3) is 0 Å². The van der Waals surface area contributed by atoms with Crippen LogP contribution in [0.15, 0.2) is 36.9 Å². The second kappa shape index (κ2) is 11.0. The fraction of sp³-hybridized carbons (Fsp3) is 0.385. The van der Waals surface area contributed by atoms with E-state index in [2.05, 4.69) is 44.7 Å². The Hall–Kier alpha value is -1.04. The van der Waals surface area contributed by atoms with Gasteiger partial charge in [0.05, 0.1) is 0 Å². The average molecular weight is 178 g/mol. The minimum atomic E-state index is 1.33. The fourth-order valence-electron chi connectivity index (χ4n) is 0.637. The Morgan fingerprint density at radius 2 is 1.08 bits per heavy atom. The fourth-order valence-corrected chi connectivity index (χ4v) is 0.637. The first kappa shape index (κ1) is 14.5. The van der Waals surface area contributed by atoms with Gasteiger partial charge in [-0.15, -0.1) is 6.58 Å². The monoisotopic (exact) mass is 178 g/mol. The topological polar surface area (TPSA) is 0 Å². The van der Waals surface area contributed by atoms with Gasteiger partial charge < -0.3 is 0 Å². The Labute approximate surface area is 83.3 Å². The van der Waals surface area contributed by atoms with Crippen molar-refractivity contribution in [3.8, 4) is 0 Å². The Kier molecular flexibility index (Phi) is 12.2. The minimum absolute atomic E-state index is 1.33. The summed E-state index contributed by atoms with van der Waals surface area (Å²) in [6, 6.07) is 8.48. The van der Waals surface area contributed by atoms with Crippen LogP contribution in [0.4, 0.5) is 0 Å². The molecule has 1 aromatic carbocycles. The van der Waals surface area contributed by atoms with E-state index in [4.69, 9.17) is 0 Å². The van der Waals surface area contributed by atoms with Crippen molar-refractivity contribution in [1.29, 1.82) is 0 Å². The normalized spacial score (nSPS) is 7.15. The molecule has 0 bridgehead atoms. The van der Waals surface area contributed by atoms with Crippen LogP contribution in [-0.2, 0) is 0 Å². The van der Waals surface area contributed by atoms with E-state index in [0.29, 0.717) is 0 Å². The lowest BCUT2D eigenvalue weighted by molar-refractivity contribution is 1.40. The first-order chi connectivity index (χ1) is 6.20. The quantitative estimate of drug-likeness (QED) is 0.512. The van der Waals surface area contributed by atoms with Gasteiger partial charge in [0.15, 0.2) is 0 Å². The number of aryl methyl sites for hydroxylation is 2. The van der Waals surface area contributed by atoms with Crippen molar-refractivity contribution in [1.82, 2.24) is 0 Å². The maximum atomic E-state index is 3.36. The molecular weight excluding hydrogens is 156 g/mol. The molecule has 0 N–H and O–H groups in total. The predicted molar refractivity (Wildman–Crippen MR) is 63.1 cm³/mol. The number of hydrogen-bond donors (Lipinski definition) is 0. The van der Waals surface area contributed by atoms with E-state index in [0.717, 1.165) is 0 Å². The average Bonchev–Trinajstić information content (AvgIpc) is 2.15. The molecule has 0 fully saturated rings. The lowest BCUT2D eigenvalue weighted by Gasteiger charge is -1.90. The van der Waals surface area contributed by atoms with E-state index < -0.39 is 0 Å². The molecule has 1 aromatic rings. The summed E-state index contributed by atoms with van der Waals surface area (Å²) in [5, 5.41) is 0. The summed E-state index contributed by atoms with van der Waals surface area (Å²) in [5.74, 6) is 0. The number of hydrogen-bond acceptors (Lipinski definition) is 0. The van der Waals surface area contributed by atoms with Crippen molar-refractivity contribution < 1.29 is 0 Å². The summed E-state index contributed by atoms with van der Waals surface area (Å²) < 4.78 is 0. The van der Waals surface area contributed by atoms with E-state index in [9.17, 15) is 0 Å². The zero-order valence-electron chi connectivity index (χ0n) is 9.59. The van der Waals surface area contributed by atoms with Crippen LogP contribution in [0.5, 0.6) is 0 Å². The summed E-state index contributed by atoms with van der Waals surface area (Å²) in [6.45, 7) is 13.4. The zero-order chi connectivity index (χ0) is 10.7. The van der Waals surface area contributed by atoms with Crippen LogP contribution < -0.4 is 0 Å². The van der Waals surface area contributed by atoms with Gasteiger partial charge in [-0.3, -0.25) is 0 Å². The minimum Gasteiger partial charge on any atom is -0.103 e. The molecule has 0 saturated carbocycles. The van der Waals surface area contributed by atoms with Crippen molar-refractivity contribution in [3.63, 3.8) is 0 Å². The first-order valence-electron chi connectivity index (χ1n) is 4.81. The van der Waals surface area contributed by atoms with Crippen LogP contribution in [0, 0.1) is 13.8 Å². The molecule has 0 radical (unpaired) electrons. The highest BCUT2D eigenvalue weighted by Gasteiger charge is 1.79. The van der Waals surface area contributed by atoms with E-state index in [1.807, 2.05) is 20.8 Å². The van der Waals surface area contributed by atoms with E-state index in [-0.39, 0.29) is 0 Å². The highest BCUT2D eigenvalue weighted by molar-refractivity contribution is 5.19. The summed E-state index contributed by atoms with van der Waals surface area (Å²) in [6.07, 6.45) is 1.75. The Morgan fingerprint density at radius 1 is 0.923 bits per heavy atom. The van der Waals surface area contributed by atoms with E-state index in [1.165, 1.54) is 11.1 Å². The maximum absolute atomic E-state index is 3.36. The second-order valence-corrected chi connectivity index (χ2v) is 2.56. The van der Waals surface area contributed by atoms with Crippen LogP contribution in [0.2, 0.25) is 0 Å². The predicted octanol–water partition coefficient (Wildman–Crippen LogP) is 4.52. The molecule has 0 amide bonds. The summed E-state index contributed by atoms with van der Waals surface area (Å²) in [4.78, 5) is 0. The Balaban J connectivity index is 0. The molecule has 0 heterocycles. The summed E-state index contributed by atoms with van der Waals surface area (Å²) in [7, 11) is 0. The molecule has 0 aliphatic carbocycles. The third-order valence-corrected chi connectivity index (χ3v) is 1.22.